The van der Waals surface area contributed by atoms with Crippen LogP contribution in [0.5, 0.6) is 0 Å². The maximum atomic E-state index is 11.8. The van der Waals surface area contributed by atoms with E-state index in [4.69, 9.17) is 23.2 Å². The van der Waals surface area contributed by atoms with Gasteiger partial charge in [-0.15, -0.1) is 23.1 Å². The van der Waals surface area contributed by atoms with Crippen molar-refractivity contribution in [2.24, 2.45) is 5.10 Å². The van der Waals surface area contributed by atoms with Gasteiger partial charge in [0, 0.05) is 20.7 Å². The van der Waals surface area contributed by atoms with Gasteiger partial charge in [0.05, 0.1) is 11.5 Å². The number of carbonyl (C=O) groups is 1. The first-order valence-corrected chi connectivity index (χ1v) is 9.24. The topological polar surface area (TPSA) is 41.5 Å². The van der Waals surface area contributed by atoms with Crippen LogP contribution < -0.4 is 5.43 Å². The third kappa shape index (κ3) is 5.02. The first-order chi connectivity index (χ1) is 10.6. The summed E-state index contributed by atoms with van der Waals surface area (Å²) in [6.07, 6.45) is 0. The molecule has 1 heterocycles. The molecule has 7 heteroatoms. The predicted octanol–water partition coefficient (Wildman–Crippen LogP) is 4.83. The van der Waals surface area contributed by atoms with Gasteiger partial charge in [-0.2, -0.15) is 5.10 Å². The van der Waals surface area contributed by atoms with Crippen molar-refractivity contribution in [3.8, 4) is 0 Å². The van der Waals surface area contributed by atoms with Crippen LogP contribution in [0.25, 0.3) is 0 Å². The number of hydrazone groups is 1. The number of thioether (sulfide) groups is 1. The van der Waals surface area contributed by atoms with Gasteiger partial charge in [0.1, 0.15) is 0 Å². The molecule has 0 bridgehead atoms. The minimum Gasteiger partial charge on any atom is -0.272 e. The zero-order chi connectivity index (χ0) is 15.9. The summed E-state index contributed by atoms with van der Waals surface area (Å²) in [5.41, 5.74) is 4.20. The molecule has 1 N–H and O–H groups in total. The summed E-state index contributed by atoms with van der Waals surface area (Å²) < 4.78 is 0. The fraction of sp³-hybridized carbons (Fsp3) is 0.200. The van der Waals surface area contributed by atoms with Crippen molar-refractivity contribution in [1.29, 1.82) is 0 Å². The summed E-state index contributed by atoms with van der Waals surface area (Å²) in [5.74, 6) is 0.728. The standard InChI is InChI=1S/C15H14Cl2N2OS2/c1-10(14-6-3-7-22-14)18-19-15(20)9-21-8-11-12(16)4-2-5-13(11)17/h2-7H,8-9H2,1H3,(H,19,20)/b18-10-. The van der Waals surface area contributed by atoms with E-state index < -0.39 is 0 Å². The Morgan fingerprint density at radius 1 is 1.27 bits per heavy atom. The lowest BCUT2D eigenvalue weighted by atomic mass is 10.2. The summed E-state index contributed by atoms with van der Waals surface area (Å²) in [6.45, 7) is 1.86. The van der Waals surface area contributed by atoms with E-state index in [9.17, 15) is 4.79 Å². The molecule has 0 atom stereocenters. The third-order valence-corrected chi connectivity index (χ3v) is 5.41. The van der Waals surface area contributed by atoms with Gasteiger partial charge < -0.3 is 0 Å². The second-order valence-corrected chi connectivity index (χ2v) is 7.15. The molecule has 0 saturated heterocycles. The Kier molecular flexibility index (Phi) is 6.76. The van der Waals surface area contributed by atoms with Crippen molar-refractivity contribution in [3.05, 3.63) is 56.2 Å². The van der Waals surface area contributed by atoms with Gasteiger partial charge in [-0.3, -0.25) is 4.79 Å². The molecule has 0 aliphatic carbocycles. The molecule has 2 aromatic rings. The van der Waals surface area contributed by atoms with Gasteiger partial charge in [-0.1, -0.05) is 35.3 Å². The summed E-state index contributed by atoms with van der Waals surface area (Å²) in [5, 5.41) is 7.30. The number of hydrogen-bond acceptors (Lipinski definition) is 4. The van der Waals surface area contributed by atoms with Crippen LogP contribution in [-0.4, -0.2) is 17.4 Å². The second kappa shape index (κ2) is 8.58. The lowest BCUT2D eigenvalue weighted by molar-refractivity contribution is -0.118. The van der Waals surface area contributed by atoms with Gasteiger partial charge in [0.25, 0.3) is 0 Å². The highest BCUT2D eigenvalue weighted by molar-refractivity contribution is 7.99. The molecule has 0 fully saturated rings. The van der Waals surface area contributed by atoms with Crippen molar-refractivity contribution >= 4 is 57.9 Å². The van der Waals surface area contributed by atoms with Gasteiger partial charge >= 0.3 is 0 Å². The molecular formula is C15H14Cl2N2OS2. The molecule has 116 valence electrons. The quantitative estimate of drug-likeness (QED) is 0.582. The molecular weight excluding hydrogens is 359 g/mol. The SMILES string of the molecule is C/C(=N/NC(=O)CSCc1c(Cl)cccc1Cl)c1cccs1. The van der Waals surface area contributed by atoms with Crippen LogP contribution in [0.2, 0.25) is 10.0 Å². The first-order valence-electron chi connectivity index (χ1n) is 6.45. The Morgan fingerprint density at radius 3 is 2.64 bits per heavy atom. The van der Waals surface area contributed by atoms with E-state index in [0.29, 0.717) is 21.6 Å². The zero-order valence-electron chi connectivity index (χ0n) is 11.8. The largest absolute Gasteiger partial charge is 0.272 e. The molecule has 0 radical (unpaired) electrons. The number of benzene rings is 1. The van der Waals surface area contributed by atoms with Crippen molar-refractivity contribution in [1.82, 2.24) is 5.43 Å². The van der Waals surface area contributed by atoms with Crippen molar-refractivity contribution in [2.75, 3.05) is 5.75 Å². The molecule has 3 nitrogen and oxygen atoms in total. The normalized spacial score (nSPS) is 11.5. The highest BCUT2D eigenvalue weighted by Gasteiger charge is 2.07. The molecule has 0 spiro atoms. The molecule has 0 aliphatic rings. The Hall–Kier alpha value is -1.01. The summed E-state index contributed by atoms with van der Waals surface area (Å²) in [4.78, 5) is 12.8. The Bertz CT molecular complexity index is 652. The van der Waals surface area contributed by atoms with Gasteiger partial charge in [-0.25, -0.2) is 5.43 Å². The molecule has 22 heavy (non-hydrogen) atoms. The fourth-order valence-electron chi connectivity index (χ4n) is 1.63. The van der Waals surface area contributed by atoms with E-state index in [1.165, 1.54) is 11.8 Å². The summed E-state index contributed by atoms with van der Waals surface area (Å²) >= 11 is 15.2. The minimum atomic E-state index is -0.149. The van der Waals surface area contributed by atoms with E-state index in [-0.39, 0.29) is 5.91 Å². The van der Waals surface area contributed by atoms with E-state index in [2.05, 4.69) is 10.5 Å². The van der Waals surface area contributed by atoms with Crippen LogP contribution in [0.1, 0.15) is 17.4 Å². The lowest BCUT2D eigenvalue weighted by Gasteiger charge is -2.06. The lowest BCUT2D eigenvalue weighted by Crippen LogP contribution is -2.21. The molecule has 2 rings (SSSR count). The average Bonchev–Trinajstić information content (AvgIpc) is 3.02. The van der Waals surface area contributed by atoms with Crippen molar-refractivity contribution in [2.45, 2.75) is 12.7 Å². The number of nitrogens with zero attached hydrogens (tertiary/aromatic N) is 1. The molecule has 0 saturated carbocycles. The van der Waals surface area contributed by atoms with Crippen LogP contribution in [-0.2, 0) is 10.5 Å². The molecule has 0 aliphatic heterocycles. The predicted molar refractivity (Wildman–Crippen MR) is 97.3 cm³/mol. The maximum Gasteiger partial charge on any atom is 0.250 e. The third-order valence-electron chi connectivity index (χ3n) is 2.77. The molecule has 1 amide bonds. The van der Waals surface area contributed by atoms with Gasteiger partial charge in [-0.05, 0) is 36.1 Å². The minimum absolute atomic E-state index is 0.149. The van der Waals surface area contributed by atoms with E-state index >= 15 is 0 Å². The number of carbonyl (C=O) groups excluding carboxylic acids is 1. The van der Waals surface area contributed by atoms with Crippen molar-refractivity contribution < 1.29 is 4.79 Å². The summed E-state index contributed by atoms with van der Waals surface area (Å²) in [7, 11) is 0. The maximum absolute atomic E-state index is 11.8. The van der Waals surface area contributed by atoms with Crippen LogP contribution >= 0.6 is 46.3 Å². The number of rotatable bonds is 6. The first kappa shape index (κ1) is 17.3. The van der Waals surface area contributed by atoms with E-state index in [0.717, 1.165) is 16.2 Å². The monoisotopic (exact) mass is 372 g/mol. The number of thiophene rings is 1. The number of nitrogens with one attached hydrogen (secondary N) is 1. The van der Waals surface area contributed by atoms with Crippen LogP contribution in [0, 0.1) is 0 Å². The van der Waals surface area contributed by atoms with E-state index in [1.807, 2.05) is 24.4 Å². The van der Waals surface area contributed by atoms with Crippen LogP contribution in [0.15, 0.2) is 40.8 Å². The molecule has 0 unspecified atom stereocenters. The van der Waals surface area contributed by atoms with Crippen LogP contribution in [0.3, 0.4) is 0 Å². The van der Waals surface area contributed by atoms with Gasteiger partial charge in [0.15, 0.2) is 0 Å². The number of hydrogen-bond donors (Lipinski definition) is 1. The highest BCUT2D eigenvalue weighted by Crippen LogP contribution is 2.28. The zero-order valence-corrected chi connectivity index (χ0v) is 15.0. The smallest absolute Gasteiger partial charge is 0.250 e. The fourth-order valence-corrected chi connectivity index (χ4v) is 3.87. The average molecular weight is 373 g/mol. The number of amides is 1. The highest BCUT2D eigenvalue weighted by atomic mass is 35.5. The number of halogens is 2. The molecule has 1 aromatic heterocycles. The Labute approximate surface area is 147 Å². The van der Waals surface area contributed by atoms with E-state index in [1.54, 1.807) is 29.5 Å². The Morgan fingerprint density at radius 2 is 2.00 bits per heavy atom. The molecule has 1 aromatic carbocycles. The Balaban J connectivity index is 1.80. The van der Waals surface area contributed by atoms with Crippen LogP contribution in [0.4, 0.5) is 0 Å². The second-order valence-electron chi connectivity index (χ2n) is 4.40. The van der Waals surface area contributed by atoms with Crippen molar-refractivity contribution in [3.63, 3.8) is 0 Å². The van der Waals surface area contributed by atoms with Gasteiger partial charge in [0.2, 0.25) is 5.91 Å². The summed E-state index contributed by atoms with van der Waals surface area (Å²) in [6, 6.07) is 9.29.